The topological polar surface area (TPSA) is 48.7 Å². The fraction of sp³-hybridized carbons (Fsp3) is 0.160. The first-order valence-electron chi connectivity index (χ1n) is 10.2. The summed E-state index contributed by atoms with van der Waals surface area (Å²) in [6.07, 6.45) is -4.20. The van der Waals surface area contributed by atoms with Gasteiger partial charge >= 0.3 is 6.18 Å². The summed E-state index contributed by atoms with van der Waals surface area (Å²) in [5, 5.41) is 0.658. The number of ether oxygens (including phenoxy) is 2. The molecule has 0 amide bonds. The maximum absolute atomic E-state index is 13.8. The number of hydrogen-bond acceptors (Lipinski definition) is 4. The van der Waals surface area contributed by atoms with Crippen LogP contribution in [0, 0.1) is 0 Å². The molecule has 0 saturated carbocycles. The Morgan fingerprint density at radius 2 is 1.56 bits per heavy atom. The molecule has 0 radical (unpaired) electrons. The zero-order valence-electron chi connectivity index (χ0n) is 17.7. The van der Waals surface area contributed by atoms with Crippen LogP contribution >= 0.6 is 23.2 Å². The molecule has 1 aromatic heterocycles. The molecular weight excluding hydrogens is 492 g/mol. The zero-order valence-corrected chi connectivity index (χ0v) is 19.2. The highest BCUT2D eigenvalue weighted by atomic mass is 35.5. The summed E-state index contributed by atoms with van der Waals surface area (Å²) in [6.45, 7) is 2.02. The number of fused-ring (bicyclic) bond motifs is 1. The minimum Gasteiger partial charge on any atom is -0.489 e. The summed E-state index contributed by atoms with van der Waals surface area (Å²) < 4.78 is 57.3. The zero-order chi connectivity index (χ0) is 24.5. The molecule has 1 heterocycles. The van der Waals surface area contributed by atoms with Crippen LogP contribution in [0.15, 0.2) is 69.9 Å². The summed E-state index contributed by atoms with van der Waals surface area (Å²) >= 11 is 11.9. The van der Waals surface area contributed by atoms with Gasteiger partial charge in [0, 0.05) is 6.07 Å². The molecule has 0 N–H and O–H groups in total. The average molecular weight is 509 g/mol. The number of benzene rings is 3. The van der Waals surface area contributed by atoms with E-state index in [9.17, 15) is 18.0 Å². The minimum absolute atomic E-state index is 0.0740. The molecule has 0 spiro atoms. The monoisotopic (exact) mass is 508 g/mol. The molecule has 4 aromatic rings. The minimum atomic E-state index is -4.96. The molecule has 0 saturated heterocycles. The lowest BCUT2D eigenvalue weighted by molar-refractivity contribution is -0.154. The second-order valence-electron chi connectivity index (χ2n) is 7.38. The van der Waals surface area contributed by atoms with Crippen molar-refractivity contribution in [3.63, 3.8) is 0 Å². The van der Waals surface area contributed by atoms with Gasteiger partial charge in [0.2, 0.25) is 11.2 Å². The number of halogens is 5. The first kappa shape index (κ1) is 24.0. The number of aryl methyl sites for hydroxylation is 1. The lowest BCUT2D eigenvalue weighted by Crippen LogP contribution is -2.15. The number of rotatable bonds is 6. The molecule has 4 nitrogen and oxygen atoms in total. The van der Waals surface area contributed by atoms with Crippen LogP contribution in [-0.2, 0) is 19.2 Å². The van der Waals surface area contributed by atoms with Crippen molar-refractivity contribution in [3.05, 3.63) is 97.8 Å². The standard InChI is InChI=1S/C25H17Cl2F3O4/c1-2-14-3-6-16(7-4-14)33-23-22(31)18-9-8-17(12-21(18)34-24(23)25(28,29)30)32-13-15-5-10-19(26)20(27)11-15/h3-12H,2,13H2,1H3. The van der Waals surface area contributed by atoms with Gasteiger partial charge in [-0.3, -0.25) is 4.79 Å². The van der Waals surface area contributed by atoms with E-state index in [1.807, 2.05) is 6.92 Å². The molecule has 34 heavy (non-hydrogen) atoms. The molecule has 0 aliphatic carbocycles. The van der Waals surface area contributed by atoms with Crippen LogP contribution in [0.25, 0.3) is 11.0 Å². The van der Waals surface area contributed by atoms with E-state index in [1.165, 1.54) is 30.3 Å². The lowest BCUT2D eigenvalue weighted by atomic mass is 10.1. The normalized spacial score (nSPS) is 11.6. The van der Waals surface area contributed by atoms with E-state index in [4.69, 9.17) is 37.1 Å². The van der Waals surface area contributed by atoms with Crippen molar-refractivity contribution >= 4 is 34.2 Å². The van der Waals surface area contributed by atoms with Gasteiger partial charge in [-0.1, -0.05) is 48.3 Å². The van der Waals surface area contributed by atoms with Crippen LogP contribution in [0.3, 0.4) is 0 Å². The van der Waals surface area contributed by atoms with Gasteiger partial charge in [-0.05, 0) is 53.9 Å². The summed E-state index contributed by atoms with van der Waals surface area (Å²) in [6, 6.07) is 15.4. The van der Waals surface area contributed by atoms with Crippen LogP contribution in [0.2, 0.25) is 10.0 Å². The highest BCUT2D eigenvalue weighted by Gasteiger charge is 2.40. The molecule has 0 atom stereocenters. The lowest BCUT2D eigenvalue weighted by Gasteiger charge is -2.14. The third kappa shape index (κ3) is 5.16. The van der Waals surface area contributed by atoms with Gasteiger partial charge in [0.05, 0.1) is 15.4 Å². The molecule has 0 unspecified atom stereocenters. The van der Waals surface area contributed by atoms with Crippen molar-refractivity contribution in [1.29, 1.82) is 0 Å². The summed E-state index contributed by atoms with van der Waals surface area (Å²) in [4.78, 5) is 12.9. The highest BCUT2D eigenvalue weighted by molar-refractivity contribution is 6.42. The smallest absolute Gasteiger partial charge is 0.453 e. The van der Waals surface area contributed by atoms with E-state index in [-0.39, 0.29) is 29.1 Å². The molecule has 0 aliphatic rings. The van der Waals surface area contributed by atoms with Gasteiger partial charge in [-0.25, -0.2) is 0 Å². The molecule has 0 bridgehead atoms. The van der Waals surface area contributed by atoms with Crippen molar-refractivity contribution in [2.75, 3.05) is 0 Å². The molecule has 176 valence electrons. The maximum atomic E-state index is 13.8. The van der Waals surface area contributed by atoms with Crippen molar-refractivity contribution in [2.24, 2.45) is 0 Å². The second kappa shape index (κ2) is 9.60. The molecule has 4 rings (SSSR count). The van der Waals surface area contributed by atoms with Gasteiger partial charge in [-0.15, -0.1) is 0 Å². The predicted octanol–water partition coefficient (Wildman–Crippen LogP) is 8.05. The molecule has 0 aliphatic heterocycles. The third-order valence-corrected chi connectivity index (χ3v) is 5.76. The van der Waals surface area contributed by atoms with Gasteiger partial charge < -0.3 is 13.9 Å². The van der Waals surface area contributed by atoms with Gasteiger partial charge in [0.1, 0.15) is 23.7 Å². The number of hydrogen-bond donors (Lipinski definition) is 0. The van der Waals surface area contributed by atoms with Crippen molar-refractivity contribution in [2.45, 2.75) is 26.1 Å². The van der Waals surface area contributed by atoms with E-state index in [2.05, 4.69) is 0 Å². The van der Waals surface area contributed by atoms with E-state index in [0.29, 0.717) is 15.6 Å². The largest absolute Gasteiger partial charge is 0.489 e. The molecule has 0 fully saturated rings. The van der Waals surface area contributed by atoms with Crippen molar-refractivity contribution in [3.8, 4) is 17.2 Å². The van der Waals surface area contributed by atoms with Crippen molar-refractivity contribution in [1.82, 2.24) is 0 Å². The predicted molar refractivity (Wildman–Crippen MR) is 124 cm³/mol. The van der Waals surface area contributed by atoms with E-state index < -0.39 is 23.1 Å². The van der Waals surface area contributed by atoms with Crippen LogP contribution in [0.5, 0.6) is 17.2 Å². The van der Waals surface area contributed by atoms with Gasteiger partial charge in [0.25, 0.3) is 5.76 Å². The van der Waals surface area contributed by atoms with Crippen LogP contribution in [-0.4, -0.2) is 0 Å². The maximum Gasteiger partial charge on any atom is 0.453 e. The second-order valence-corrected chi connectivity index (χ2v) is 8.20. The van der Waals surface area contributed by atoms with Crippen molar-refractivity contribution < 1.29 is 27.1 Å². The first-order valence-corrected chi connectivity index (χ1v) is 10.9. The SMILES string of the molecule is CCc1ccc(Oc2c(C(F)(F)F)oc3cc(OCc4ccc(Cl)c(Cl)c4)ccc3c2=O)cc1. The fourth-order valence-corrected chi connectivity index (χ4v) is 3.55. The molecule has 3 aromatic carbocycles. The van der Waals surface area contributed by atoms with E-state index in [0.717, 1.165) is 12.0 Å². The van der Waals surface area contributed by atoms with Gasteiger partial charge in [-0.2, -0.15) is 13.2 Å². The van der Waals surface area contributed by atoms with Crippen LogP contribution in [0.1, 0.15) is 23.8 Å². The van der Waals surface area contributed by atoms with Crippen LogP contribution < -0.4 is 14.9 Å². The summed E-state index contributed by atoms with van der Waals surface area (Å²) in [7, 11) is 0. The Morgan fingerprint density at radius 3 is 2.21 bits per heavy atom. The highest BCUT2D eigenvalue weighted by Crippen LogP contribution is 2.38. The van der Waals surface area contributed by atoms with E-state index in [1.54, 1.807) is 30.3 Å². The van der Waals surface area contributed by atoms with Gasteiger partial charge in [0.15, 0.2) is 0 Å². The Bertz CT molecular complexity index is 1400. The number of alkyl halides is 3. The fourth-order valence-electron chi connectivity index (χ4n) is 3.23. The quantitative estimate of drug-likeness (QED) is 0.264. The molecular formula is C25H17Cl2F3O4. The Balaban J connectivity index is 1.69. The average Bonchev–Trinajstić information content (AvgIpc) is 2.81. The third-order valence-electron chi connectivity index (χ3n) is 5.02. The molecule has 9 heteroatoms. The Morgan fingerprint density at radius 1 is 0.882 bits per heavy atom. The van der Waals surface area contributed by atoms with E-state index >= 15 is 0 Å². The summed E-state index contributed by atoms with van der Waals surface area (Å²) in [5.74, 6) is -2.14. The first-order chi connectivity index (χ1) is 16.2. The Hall–Kier alpha value is -3.16. The Labute approximate surface area is 202 Å². The van der Waals surface area contributed by atoms with Crippen LogP contribution in [0.4, 0.5) is 13.2 Å². The Kier molecular flexibility index (Phi) is 6.77. The summed E-state index contributed by atoms with van der Waals surface area (Å²) in [5.41, 5.74) is 0.453.